The Hall–Kier alpha value is -2.18. The van der Waals surface area contributed by atoms with Crippen molar-refractivity contribution < 1.29 is 14.5 Å². The van der Waals surface area contributed by atoms with E-state index in [2.05, 4.69) is 4.98 Å². The molecule has 1 aromatic heterocycles. The Morgan fingerprint density at radius 2 is 2.17 bits per heavy atom. The number of nitrogens with zero attached hydrogens (tertiary/aromatic N) is 3. The lowest BCUT2D eigenvalue weighted by Crippen LogP contribution is -2.38. The van der Waals surface area contributed by atoms with Crippen molar-refractivity contribution in [1.29, 1.82) is 0 Å². The smallest absolute Gasteiger partial charge is 0.310 e. The van der Waals surface area contributed by atoms with Crippen molar-refractivity contribution in [2.45, 2.75) is 52.6 Å². The molecule has 0 saturated carbocycles. The van der Waals surface area contributed by atoms with E-state index in [4.69, 9.17) is 4.74 Å². The molecule has 1 aliphatic heterocycles. The molecular formula is C17H25N3O4. The summed E-state index contributed by atoms with van der Waals surface area (Å²) in [7, 11) is 0. The van der Waals surface area contributed by atoms with Crippen LogP contribution in [0, 0.1) is 23.0 Å². The molecule has 132 valence electrons. The first-order valence-corrected chi connectivity index (χ1v) is 8.23. The van der Waals surface area contributed by atoms with Crippen LogP contribution in [0.4, 0.5) is 11.4 Å². The molecule has 0 bridgehead atoms. The van der Waals surface area contributed by atoms with Crippen LogP contribution in [0.5, 0.6) is 0 Å². The van der Waals surface area contributed by atoms with Crippen molar-refractivity contribution >= 4 is 17.3 Å². The zero-order valence-electron chi connectivity index (χ0n) is 14.7. The van der Waals surface area contributed by atoms with Crippen LogP contribution in [-0.4, -0.2) is 34.6 Å². The summed E-state index contributed by atoms with van der Waals surface area (Å²) in [4.78, 5) is 28.9. The first-order valence-electron chi connectivity index (χ1n) is 8.23. The van der Waals surface area contributed by atoms with Crippen LogP contribution >= 0.6 is 0 Å². The SMILES string of the molecule is Cc1cncc([N+](=O)[O-])c1N1CCC[C@H](CC(=O)OC(C)(C)C)C1. The molecular weight excluding hydrogens is 310 g/mol. The molecule has 1 atom stereocenters. The Bertz CT molecular complexity index is 625. The van der Waals surface area contributed by atoms with E-state index in [1.165, 1.54) is 6.20 Å². The van der Waals surface area contributed by atoms with Crippen molar-refractivity contribution in [2.24, 2.45) is 5.92 Å². The van der Waals surface area contributed by atoms with Crippen molar-refractivity contribution in [2.75, 3.05) is 18.0 Å². The fourth-order valence-corrected chi connectivity index (χ4v) is 3.14. The van der Waals surface area contributed by atoms with E-state index in [0.717, 1.165) is 24.9 Å². The van der Waals surface area contributed by atoms with Gasteiger partial charge in [0.25, 0.3) is 0 Å². The lowest BCUT2D eigenvalue weighted by Gasteiger charge is -2.34. The maximum absolute atomic E-state index is 12.1. The first kappa shape index (κ1) is 18.2. The predicted octanol–water partition coefficient (Wildman–Crippen LogP) is 3.25. The predicted molar refractivity (Wildman–Crippen MR) is 91.0 cm³/mol. The number of ether oxygens (including phenoxy) is 1. The summed E-state index contributed by atoms with van der Waals surface area (Å²) < 4.78 is 5.39. The molecule has 24 heavy (non-hydrogen) atoms. The zero-order valence-corrected chi connectivity index (χ0v) is 14.7. The second-order valence-electron chi connectivity index (χ2n) is 7.33. The van der Waals surface area contributed by atoms with Gasteiger partial charge in [-0.2, -0.15) is 0 Å². The van der Waals surface area contributed by atoms with E-state index < -0.39 is 10.5 Å². The second-order valence-corrected chi connectivity index (χ2v) is 7.33. The monoisotopic (exact) mass is 335 g/mol. The number of carbonyl (C=O) groups is 1. The highest BCUT2D eigenvalue weighted by molar-refractivity contribution is 5.71. The highest BCUT2D eigenvalue weighted by atomic mass is 16.6. The highest BCUT2D eigenvalue weighted by Crippen LogP contribution is 2.34. The van der Waals surface area contributed by atoms with Gasteiger partial charge in [0.05, 0.1) is 11.3 Å². The van der Waals surface area contributed by atoms with Gasteiger partial charge in [-0.25, -0.2) is 0 Å². The van der Waals surface area contributed by atoms with E-state index in [9.17, 15) is 14.9 Å². The summed E-state index contributed by atoms with van der Waals surface area (Å²) in [5, 5.41) is 11.3. The molecule has 0 amide bonds. The summed E-state index contributed by atoms with van der Waals surface area (Å²) in [5.74, 6) is -0.0731. The van der Waals surface area contributed by atoms with Gasteiger partial charge in [-0.05, 0) is 52.0 Å². The van der Waals surface area contributed by atoms with E-state index in [0.29, 0.717) is 18.7 Å². The summed E-state index contributed by atoms with van der Waals surface area (Å²) in [6.45, 7) is 8.74. The topological polar surface area (TPSA) is 85.6 Å². The Morgan fingerprint density at radius 1 is 1.46 bits per heavy atom. The van der Waals surface area contributed by atoms with E-state index >= 15 is 0 Å². The Kier molecular flexibility index (Phi) is 5.41. The number of hydrogen-bond donors (Lipinski definition) is 0. The molecule has 2 heterocycles. The molecule has 0 spiro atoms. The van der Waals surface area contributed by atoms with Gasteiger partial charge in [-0.3, -0.25) is 19.9 Å². The van der Waals surface area contributed by atoms with Crippen LogP contribution in [-0.2, 0) is 9.53 Å². The summed E-state index contributed by atoms with van der Waals surface area (Å²) in [6, 6.07) is 0. The number of piperidine rings is 1. The number of aryl methyl sites for hydroxylation is 1. The van der Waals surface area contributed by atoms with Crippen LogP contribution in [0.1, 0.15) is 45.6 Å². The molecule has 1 saturated heterocycles. The number of nitro groups is 1. The minimum absolute atomic E-state index is 0.0212. The van der Waals surface area contributed by atoms with Crippen molar-refractivity contribution in [3.8, 4) is 0 Å². The minimum atomic E-state index is -0.494. The number of hydrogen-bond acceptors (Lipinski definition) is 6. The average molecular weight is 335 g/mol. The summed E-state index contributed by atoms with van der Waals surface area (Å²) >= 11 is 0. The summed E-state index contributed by atoms with van der Waals surface area (Å²) in [6.07, 6.45) is 5.09. The number of anilines is 1. The zero-order chi connectivity index (χ0) is 17.9. The molecule has 0 aromatic carbocycles. The lowest BCUT2D eigenvalue weighted by atomic mass is 9.94. The van der Waals surface area contributed by atoms with Crippen molar-refractivity contribution in [3.05, 3.63) is 28.1 Å². The lowest BCUT2D eigenvalue weighted by molar-refractivity contribution is -0.384. The first-order chi connectivity index (χ1) is 11.2. The van der Waals surface area contributed by atoms with Crippen LogP contribution in [0.3, 0.4) is 0 Å². The van der Waals surface area contributed by atoms with E-state index in [-0.39, 0.29) is 17.6 Å². The van der Waals surface area contributed by atoms with E-state index in [1.54, 1.807) is 6.20 Å². The largest absolute Gasteiger partial charge is 0.460 e. The Morgan fingerprint density at radius 3 is 2.79 bits per heavy atom. The number of aromatic nitrogens is 1. The molecule has 7 heteroatoms. The highest BCUT2D eigenvalue weighted by Gasteiger charge is 2.29. The van der Waals surface area contributed by atoms with Gasteiger partial charge in [0.1, 0.15) is 17.5 Å². The molecule has 1 aliphatic rings. The van der Waals surface area contributed by atoms with Gasteiger partial charge in [-0.1, -0.05) is 0 Å². The van der Waals surface area contributed by atoms with E-state index in [1.807, 2.05) is 32.6 Å². The normalized spacial score (nSPS) is 18.3. The molecule has 0 N–H and O–H groups in total. The Balaban J connectivity index is 2.12. The fourth-order valence-electron chi connectivity index (χ4n) is 3.14. The van der Waals surface area contributed by atoms with Crippen molar-refractivity contribution in [3.63, 3.8) is 0 Å². The van der Waals surface area contributed by atoms with Gasteiger partial charge >= 0.3 is 11.7 Å². The van der Waals surface area contributed by atoms with Crippen molar-refractivity contribution in [1.82, 2.24) is 4.98 Å². The fraction of sp³-hybridized carbons (Fsp3) is 0.647. The quantitative estimate of drug-likeness (QED) is 0.477. The molecule has 1 aromatic rings. The number of esters is 1. The molecule has 0 unspecified atom stereocenters. The molecule has 0 aliphatic carbocycles. The standard InChI is InChI=1S/C17H25N3O4/c1-12-9-18-10-14(20(22)23)16(12)19-7-5-6-13(11-19)8-15(21)24-17(2,3)4/h9-10,13H,5-8,11H2,1-4H3/t13-/m1/s1. The maximum Gasteiger partial charge on any atom is 0.310 e. The average Bonchev–Trinajstić information content (AvgIpc) is 2.44. The van der Waals surface area contributed by atoms with Gasteiger partial charge in [0, 0.05) is 19.3 Å². The molecule has 0 radical (unpaired) electrons. The van der Waals surface area contributed by atoms with Gasteiger partial charge in [0.2, 0.25) is 0 Å². The number of rotatable bonds is 4. The molecule has 7 nitrogen and oxygen atoms in total. The molecule has 2 rings (SSSR count). The molecule has 1 fully saturated rings. The maximum atomic E-state index is 12.1. The van der Waals surface area contributed by atoms with Crippen LogP contribution in [0.25, 0.3) is 0 Å². The van der Waals surface area contributed by atoms with Gasteiger partial charge in [0.15, 0.2) is 0 Å². The third-order valence-electron chi connectivity index (χ3n) is 3.99. The van der Waals surface area contributed by atoms with Gasteiger partial charge < -0.3 is 9.64 Å². The van der Waals surface area contributed by atoms with Crippen LogP contribution in [0.2, 0.25) is 0 Å². The third-order valence-corrected chi connectivity index (χ3v) is 3.99. The second kappa shape index (κ2) is 7.15. The number of pyridine rings is 1. The summed E-state index contributed by atoms with van der Waals surface area (Å²) in [5.41, 5.74) is 0.922. The van der Waals surface area contributed by atoms with Gasteiger partial charge in [-0.15, -0.1) is 0 Å². The minimum Gasteiger partial charge on any atom is -0.460 e. The number of carbonyl (C=O) groups excluding carboxylic acids is 1. The Labute approximate surface area is 142 Å². The van der Waals surface area contributed by atoms with Crippen LogP contribution in [0.15, 0.2) is 12.4 Å². The third kappa shape index (κ3) is 4.66. The van der Waals surface area contributed by atoms with Crippen LogP contribution < -0.4 is 4.90 Å².